The zero-order valence-electron chi connectivity index (χ0n) is 14.3. The van der Waals surface area contributed by atoms with E-state index in [1.54, 1.807) is 55.6 Å². The molecule has 0 aliphatic carbocycles. The van der Waals surface area contributed by atoms with E-state index in [-0.39, 0.29) is 18.3 Å². The maximum atomic E-state index is 12.1. The SMILES string of the molecule is COc1ccc(OCC(=O)Nc2cccc(N3CCCS3(=O)=O)c2)cc1. The van der Waals surface area contributed by atoms with Gasteiger partial charge in [0, 0.05) is 12.2 Å². The van der Waals surface area contributed by atoms with Crippen LogP contribution in [0.5, 0.6) is 11.5 Å². The van der Waals surface area contributed by atoms with E-state index < -0.39 is 10.0 Å². The third-order valence-electron chi connectivity index (χ3n) is 3.95. The predicted molar refractivity (Wildman–Crippen MR) is 99.3 cm³/mol. The van der Waals surface area contributed by atoms with Gasteiger partial charge in [-0.15, -0.1) is 0 Å². The van der Waals surface area contributed by atoms with E-state index in [2.05, 4.69) is 5.32 Å². The lowest BCUT2D eigenvalue weighted by molar-refractivity contribution is -0.118. The standard InChI is InChI=1S/C18H20N2O5S/c1-24-16-6-8-17(9-7-16)25-13-18(21)19-14-4-2-5-15(12-14)20-10-3-11-26(20,22)23/h2,4-9,12H,3,10-11,13H2,1H3,(H,19,21). The smallest absolute Gasteiger partial charge is 0.262 e. The first-order chi connectivity index (χ1) is 12.5. The van der Waals surface area contributed by atoms with E-state index in [9.17, 15) is 13.2 Å². The topological polar surface area (TPSA) is 84.9 Å². The highest BCUT2D eigenvalue weighted by atomic mass is 32.2. The van der Waals surface area contributed by atoms with Crippen LogP contribution in [0.25, 0.3) is 0 Å². The number of carbonyl (C=O) groups is 1. The minimum atomic E-state index is -3.25. The molecular formula is C18H20N2O5S. The van der Waals surface area contributed by atoms with Crippen molar-refractivity contribution in [1.82, 2.24) is 0 Å². The van der Waals surface area contributed by atoms with Gasteiger partial charge in [-0.3, -0.25) is 9.10 Å². The largest absolute Gasteiger partial charge is 0.497 e. The highest BCUT2D eigenvalue weighted by molar-refractivity contribution is 7.93. The number of sulfonamides is 1. The molecule has 1 saturated heterocycles. The van der Waals surface area contributed by atoms with Gasteiger partial charge in [-0.05, 0) is 48.9 Å². The lowest BCUT2D eigenvalue weighted by atomic mass is 10.2. The molecule has 0 atom stereocenters. The fourth-order valence-electron chi connectivity index (χ4n) is 2.69. The second kappa shape index (κ2) is 7.65. The van der Waals surface area contributed by atoms with E-state index in [4.69, 9.17) is 9.47 Å². The van der Waals surface area contributed by atoms with Crippen LogP contribution in [-0.2, 0) is 14.8 Å². The van der Waals surface area contributed by atoms with E-state index in [0.717, 1.165) is 0 Å². The molecule has 1 aliphatic heterocycles. The Morgan fingerprint density at radius 2 is 1.88 bits per heavy atom. The molecule has 2 aromatic rings. The number of hydrogen-bond donors (Lipinski definition) is 1. The molecule has 3 rings (SSSR count). The summed E-state index contributed by atoms with van der Waals surface area (Å²) >= 11 is 0. The number of methoxy groups -OCH3 is 1. The van der Waals surface area contributed by atoms with Crippen LogP contribution in [0.4, 0.5) is 11.4 Å². The molecule has 138 valence electrons. The number of amides is 1. The Morgan fingerprint density at radius 1 is 1.15 bits per heavy atom. The zero-order chi connectivity index (χ0) is 18.6. The lowest BCUT2D eigenvalue weighted by Crippen LogP contribution is -2.25. The third kappa shape index (κ3) is 4.26. The van der Waals surface area contributed by atoms with Crippen molar-refractivity contribution in [3.05, 3.63) is 48.5 Å². The van der Waals surface area contributed by atoms with Gasteiger partial charge in [-0.1, -0.05) is 6.07 Å². The molecule has 0 aromatic heterocycles. The Labute approximate surface area is 152 Å². The molecule has 8 heteroatoms. The van der Waals surface area contributed by atoms with E-state index in [1.807, 2.05) is 0 Å². The fourth-order valence-corrected chi connectivity index (χ4v) is 4.24. The second-order valence-electron chi connectivity index (χ2n) is 5.80. The van der Waals surface area contributed by atoms with Gasteiger partial charge in [0.1, 0.15) is 11.5 Å². The summed E-state index contributed by atoms with van der Waals surface area (Å²) in [5.74, 6) is 1.08. The maximum absolute atomic E-state index is 12.1. The zero-order valence-corrected chi connectivity index (χ0v) is 15.2. The van der Waals surface area contributed by atoms with Gasteiger partial charge in [0.05, 0.1) is 18.6 Å². The first-order valence-electron chi connectivity index (χ1n) is 8.15. The van der Waals surface area contributed by atoms with Crippen LogP contribution in [0.3, 0.4) is 0 Å². The van der Waals surface area contributed by atoms with Crippen molar-refractivity contribution in [2.75, 3.05) is 35.6 Å². The van der Waals surface area contributed by atoms with E-state index in [1.165, 1.54) is 4.31 Å². The lowest BCUT2D eigenvalue weighted by Gasteiger charge is -2.17. The average molecular weight is 376 g/mol. The summed E-state index contributed by atoms with van der Waals surface area (Å²) in [5.41, 5.74) is 1.07. The summed E-state index contributed by atoms with van der Waals surface area (Å²) in [5, 5.41) is 2.72. The quantitative estimate of drug-likeness (QED) is 0.836. The van der Waals surface area contributed by atoms with Crippen molar-refractivity contribution >= 4 is 27.3 Å². The van der Waals surface area contributed by atoms with Crippen molar-refractivity contribution in [3.63, 3.8) is 0 Å². The number of nitrogens with zero attached hydrogens (tertiary/aromatic N) is 1. The minimum Gasteiger partial charge on any atom is -0.497 e. The molecule has 26 heavy (non-hydrogen) atoms. The van der Waals surface area contributed by atoms with Crippen LogP contribution in [-0.4, -0.2) is 40.3 Å². The normalized spacial score (nSPS) is 15.5. The molecule has 1 amide bonds. The molecule has 2 aromatic carbocycles. The molecule has 1 N–H and O–H groups in total. The van der Waals surface area contributed by atoms with Gasteiger partial charge in [-0.2, -0.15) is 0 Å². The highest BCUT2D eigenvalue weighted by Gasteiger charge is 2.28. The summed E-state index contributed by atoms with van der Waals surface area (Å²) in [6.45, 7) is 0.304. The Hall–Kier alpha value is -2.74. The summed E-state index contributed by atoms with van der Waals surface area (Å²) in [6.07, 6.45) is 0.606. The first-order valence-corrected chi connectivity index (χ1v) is 9.76. The van der Waals surface area contributed by atoms with Crippen LogP contribution in [0.2, 0.25) is 0 Å². The molecule has 1 heterocycles. The van der Waals surface area contributed by atoms with Crippen LogP contribution < -0.4 is 19.1 Å². The van der Waals surface area contributed by atoms with Gasteiger partial charge >= 0.3 is 0 Å². The number of anilines is 2. The Balaban J connectivity index is 1.59. The molecule has 0 radical (unpaired) electrons. The molecule has 1 aliphatic rings. The summed E-state index contributed by atoms with van der Waals surface area (Å²) in [7, 11) is -1.68. The fraction of sp³-hybridized carbons (Fsp3) is 0.278. The molecular weight excluding hydrogens is 356 g/mol. The van der Waals surface area contributed by atoms with Gasteiger partial charge in [0.2, 0.25) is 10.0 Å². The number of nitrogens with one attached hydrogen (secondary N) is 1. The second-order valence-corrected chi connectivity index (χ2v) is 7.82. The highest BCUT2D eigenvalue weighted by Crippen LogP contribution is 2.26. The first kappa shape index (κ1) is 18.1. The number of carbonyl (C=O) groups excluding carboxylic acids is 1. The number of hydrogen-bond acceptors (Lipinski definition) is 5. The van der Waals surface area contributed by atoms with Crippen molar-refractivity contribution in [2.24, 2.45) is 0 Å². The third-order valence-corrected chi connectivity index (χ3v) is 5.82. The number of ether oxygens (including phenoxy) is 2. The van der Waals surface area contributed by atoms with Gasteiger partial charge in [-0.25, -0.2) is 8.42 Å². The van der Waals surface area contributed by atoms with Crippen molar-refractivity contribution in [3.8, 4) is 11.5 Å². The number of rotatable bonds is 6. The number of benzene rings is 2. The maximum Gasteiger partial charge on any atom is 0.262 e. The van der Waals surface area contributed by atoms with Crippen LogP contribution >= 0.6 is 0 Å². The monoisotopic (exact) mass is 376 g/mol. The molecule has 1 fully saturated rings. The van der Waals surface area contributed by atoms with Gasteiger partial charge < -0.3 is 14.8 Å². The van der Waals surface area contributed by atoms with Crippen LogP contribution in [0, 0.1) is 0 Å². The van der Waals surface area contributed by atoms with Gasteiger partial charge in [0.15, 0.2) is 6.61 Å². The van der Waals surface area contributed by atoms with E-state index >= 15 is 0 Å². The summed E-state index contributed by atoms with van der Waals surface area (Å²) in [4.78, 5) is 12.1. The van der Waals surface area contributed by atoms with E-state index in [0.29, 0.717) is 35.8 Å². The minimum absolute atomic E-state index is 0.152. The van der Waals surface area contributed by atoms with Crippen molar-refractivity contribution in [2.45, 2.75) is 6.42 Å². The Morgan fingerprint density at radius 3 is 2.54 bits per heavy atom. The average Bonchev–Trinajstić information content (AvgIpc) is 3.00. The van der Waals surface area contributed by atoms with Crippen molar-refractivity contribution in [1.29, 1.82) is 0 Å². The van der Waals surface area contributed by atoms with Crippen molar-refractivity contribution < 1.29 is 22.7 Å². The molecule has 0 bridgehead atoms. The van der Waals surface area contributed by atoms with Crippen LogP contribution in [0.15, 0.2) is 48.5 Å². The van der Waals surface area contributed by atoms with Crippen LogP contribution in [0.1, 0.15) is 6.42 Å². The Kier molecular flexibility index (Phi) is 5.32. The molecule has 0 saturated carbocycles. The molecule has 0 spiro atoms. The van der Waals surface area contributed by atoms with Gasteiger partial charge in [0.25, 0.3) is 5.91 Å². The Bertz CT molecular complexity index is 881. The molecule has 7 nitrogen and oxygen atoms in total. The summed E-state index contributed by atoms with van der Waals surface area (Å²) < 4.78 is 35.9. The molecule has 0 unspecified atom stereocenters. The predicted octanol–water partition coefficient (Wildman–Crippen LogP) is 2.25. The summed E-state index contributed by atoms with van der Waals surface area (Å²) in [6, 6.07) is 13.7.